The zero-order valence-electron chi connectivity index (χ0n) is 14.9. The smallest absolute Gasteiger partial charge is 0.329 e. The van der Waals surface area contributed by atoms with Gasteiger partial charge in [0.25, 0.3) is 11.8 Å². The Kier molecular flexibility index (Phi) is 6.91. The largest absolute Gasteiger partial charge is 0.454 e. The molecule has 0 aliphatic heterocycles. The number of esters is 1. The van der Waals surface area contributed by atoms with Crippen molar-refractivity contribution in [1.82, 2.24) is 5.32 Å². The lowest BCUT2D eigenvalue weighted by molar-refractivity contribution is -0.150. The fourth-order valence-corrected chi connectivity index (χ4v) is 2.81. The van der Waals surface area contributed by atoms with E-state index < -0.39 is 24.5 Å². The van der Waals surface area contributed by atoms with E-state index in [0.717, 1.165) is 5.56 Å². The van der Waals surface area contributed by atoms with Gasteiger partial charge in [-0.1, -0.05) is 37.6 Å². The molecule has 2 aromatic rings. The van der Waals surface area contributed by atoms with Crippen LogP contribution in [0.15, 0.2) is 41.8 Å². The zero-order chi connectivity index (χ0) is 19.1. The van der Waals surface area contributed by atoms with Gasteiger partial charge in [0.15, 0.2) is 6.61 Å². The molecule has 2 amide bonds. The summed E-state index contributed by atoms with van der Waals surface area (Å²) in [5.74, 6) is -1.58. The number of benzene rings is 1. The van der Waals surface area contributed by atoms with E-state index in [1.54, 1.807) is 43.5 Å². The first-order chi connectivity index (χ1) is 12.4. The molecule has 1 heterocycles. The summed E-state index contributed by atoms with van der Waals surface area (Å²) in [6.07, 6.45) is 0. The molecule has 26 heavy (non-hydrogen) atoms. The number of carbonyl (C=O) groups is 3. The molecule has 0 saturated heterocycles. The van der Waals surface area contributed by atoms with E-state index in [-0.39, 0.29) is 11.8 Å². The van der Waals surface area contributed by atoms with E-state index in [9.17, 15) is 14.4 Å². The molecule has 7 heteroatoms. The Morgan fingerprint density at radius 2 is 1.81 bits per heavy atom. The van der Waals surface area contributed by atoms with Crippen molar-refractivity contribution in [2.75, 3.05) is 11.9 Å². The molecule has 0 aliphatic rings. The number of ether oxygens (including phenoxy) is 1. The molecule has 1 atom stereocenters. The average molecular weight is 374 g/mol. The second kappa shape index (κ2) is 9.15. The third-order valence-electron chi connectivity index (χ3n) is 3.63. The Bertz CT molecular complexity index is 754. The molecule has 0 spiro atoms. The third-order valence-corrected chi connectivity index (χ3v) is 4.50. The van der Waals surface area contributed by atoms with Gasteiger partial charge in [0, 0.05) is 5.69 Å². The van der Waals surface area contributed by atoms with Crippen molar-refractivity contribution in [3.05, 3.63) is 52.2 Å². The highest BCUT2D eigenvalue weighted by Crippen LogP contribution is 2.11. The van der Waals surface area contributed by atoms with Crippen LogP contribution in [0.3, 0.4) is 0 Å². The normalized spacial score (nSPS) is 11.7. The molecule has 2 N–H and O–H groups in total. The van der Waals surface area contributed by atoms with E-state index in [0.29, 0.717) is 10.6 Å². The van der Waals surface area contributed by atoms with E-state index in [2.05, 4.69) is 10.6 Å². The number of thiophene rings is 1. The Balaban J connectivity index is 1.87. The van der Waals surface area contributed by atoms with Crippen molar-refractivity contribution >= 4 is 34.8 Å². The standard InChI is InChI=1S/C19H22N2O4S/c1-12(2)17(21-18(23)15-5-4-10-26-15)19(24)25-11-16(22)20-14-8-6-13(3)7-9-14/h4-10,12,17H,11H2,1-3H3,(H,20,22)(H,21,23)/t17-/m1/s1. The highest BCUT2D eigenvalue weighted by molar-refractivity contribution is 7.12. The van der Waals surface area contributed by atoms with Crippen LogP contribution in [0.4, 0.5) is 5.69 Å². The molecule has 0 fully saturated rings. The van der Waals surface area contributed by atoms with E-state index in [4.69, 9.17) is 4.74 Å². The van der Waals surface area contributed by atoms with Gasteiger partial charge in [-0.05, 0) is 36.4 Å². The molecule has 0 bridgehead atoms. The number of rotatable bonds is 7. The minimum absolute atomic E-state index is 0.174. The van der Waals surface area contributed by atoms with Crippen LogP contribution in [0.2, 0.25) is 0 Å². The number of carbonyl (C=O) groups excluding carboxylic acids is 3. The summed E-state index contributed by atoms with van der Waals surface area (Å²) in [4.78, 5) is 36.9. The Labute approximate surface area is 156 Å². The molecular formula is C19H22N2O4S. The molecule has 0 unspecified atom stereocenters. The molecule has 0 aliphatic carbocycles. The fraction of sp³-hybridized carbons (Fsp3) is 0.316. The van der Waals surface area contributed by atoms with Crippen molar-refractivity contribution in [1.29, 1.82) is 0 Å². The van der Waals surface area contributed by atoms with Gasteiger partial charge in [0.1, 0.15) is 6.04 Å². The van der Waals surface area contributed by atoms with E-state index in [1.807, 2.05) is 19.1 Å². The highest BCUT2D eigenvalue weighted by Gasteiger charge is 2.27. The third kappa shape index (κ3) is 5.70. The maximum absolute atomic E-state index is 12.3. The maximum Gasteiger partial charge on any atom is 0.329 e. The van der Waals surface area contributed by atoms with Gasteiger partial charge in [-0.3, -0.25) is 9.59 Å². The van der Waals surface area contributed by atoms with Crippen LogP contribution in [-0.2, 0) is 14.3 Å². The molecule has 6 nitrogen and oxygen atoms in total. The second-order valence-corrected chi connectivity index (χ2v) is 7.14. The van der Waals surface area contributed by atoms with E-state index in [1.165, 1.54) is 11.3 Å². The Morgan fingerprint density at radius 1 is 1.12 bits per heavy atom. The second-order valence-electron chi connectivity index (χ2n) is 6.19. The lowest BCUT2D eigenvalue weighted by Crippen LogP contribution is -2.45. The van der Waals surface area contributed by atoms with Crippen LogP contribution < -0.4 is 10.6 Å². The quantitative estimate of drug-likeness (QED) is 0.730. The topological polar surface area (TPSA) is 84.5 Å². The first-order valence-electron chi connectivity index (χ1n) is 8.24. The number of aryl methyl sites for hydroxylation is 1. The first-order valence-corrected chi connectivity index (χ1v) is 9.12. The van der Waals surface area contributed by atoms with Crippen molar-refractivity contribution in [3.63, 3.8) is 0 Å². The molecule has 0 radical (unpaired) electrons. The minimum atomic E-state index is -0.822. The molecule has 2 rings (SSSR count). The first kappa shape index (κ1) is 19.7. The lowest BCUT2D eigenvalue weighted by Gasteiger charge is -2.20. The van der Waals surface area contributed by atoms with Crippen LogP contribution >= 0.6 is 11.3 Å². The van der Waals surface area contributed by atoms with E-state index >= 15 is 0 Å². The summed E-state index contributed by atoms with van der Waals surface area (Å²) < 4.78 is 5.08. The van der Waals surface area contributed by atoms with Crippen LogP contribution in [0.1, 0.15) is 29.1 Å². The maximum atomic E-state index is 12.3. The SMILES string of the molecule is Cc1ccc(NC(=O)COC(=O)[C@H](NC(=O)c2cccs2)C(C)C)cc1. The molecule has 1 aromatic heterocycles. The van der Waals surface area contributed by atoms with Crippen molar-refractivity contribution in [2.24, 2.45) is 5.92 Å². The number of hydrogen-bond acceptors (Lipinski definition) is 5. The monoisotopic (exact) mass is 374 g/mol. The summed E-state index contributed by atoms with van der Waals surface area (Å²) in [6, 6.07) is 9.90. The fourth-order valence-electron chi connectivity index (χ4n) is 2.18. The van der Waals surface area contributed by atoms with Gasteiger partial charge in [0.05, 0.1) is 4.88 Å². The lowest BCUT2D eigenvalue weighted by atomic mass is 10.0. The molecule has 1 aromatic carbocycles. The van der Waals surface area contributed by atoms with Crippen molar-refractivity contribution in [3.8, 4) is 0 Å². The van der Waals surface area contributed by atoms with Gasteiger partial charge < -0.3 is 15.4 Å². The number of amides is 2. The summed E-state index contributed by atoms with van der Waals surface area (Å²) in [7, 11) is 0. The van der Waals surface area contributed by atoms with Crippen molar-refractivity contribution < 1.29 is 19.1 Å². The predicted octanol–water partition coefficient (Wildman–Crippen LogP) is 2.99. The van der Waals surface area contributed by atoms with Crippen LogP contribution in [-0.4, -0.2) is 30.4 Å². The van der Waals surface area contributed by atoms with Gasteiger partial charge >= 0.3 is 5.97 Å². The molecular weight excluding hydrogens is 352 g/mol. The Morgan fingerprint density at radius 3 is 2.38 bits per heavy atom. The minimum Gasteiger partial charge on any atom is -0.454 e. The predicted molar refractivity (Wildman–Crippen MR) is 101 cm³/mol. The van der Waals surface area contributed by atoms with Gasteiger partial charge in [0.2, 0.25) is 0 Å². The summed E-state index contributed by atoms with van der Waals surface area (Å²) in [6.45, 7) is 5.13. The van der Waals surface area contributed by atoms with Gasteiger partial charge in [-0.2, -0.15) is 0 Å². The number of nitrogens with one attached hydrogen (secondary N) is 2. The number of hydrogen-bond donors (Lipinski definition) is 2. The number of anilines is 1. The summed E-state index contributed by atoms with van der Waals surface area (Å²) >= 11 is 1.29. The highest BCUT2D eigenvalue weighted by atomic mass is 32.1. The van der Waals surface area contributed by atoms with Crippen LogP contribution in [0, 0.1) is 12.8 Å². The summed E-state index contributed by atoms with van der Waals surface area (Å²) in [5, 5.41) is 7.10. The molecule has 0 saturated carbocycles. The average Bonchev–Trinajstić information content (AvgIpc) is 3.14. The summed E-state index contributed by atoms with van der Waals surface area (Å²) in [5.41, 5.74) is 1.71. The molecule has 138 valence electrons. The zero-order valence-corrected chi connectivity index (χ0v) is 15.8. The van der Waals surface area contributed by atoms with Gasteiger partial charge in [-0.15, -0.1) is 11.3 Å². The van der Waals surface area contributed by atoms with Crippen LogP contribution in [0.25, 0.3) is 0 Å². The van der Waals surface area contributed by atoms with Crippen LogP contribution in [0.5, 0.6) is 0 Å². The van der Waals surface area contributed by atoms with Crippen molar-refractivity contribution in [2.45, 2.75) is 26.8 Å². The Hall–Kier alpha value is -2.67. The van der Waals surface area contributed by atoms with Gasteiger partial charge in [-0.25, -0.2) is 4.79 Å².